The van der Waals surface area contributed by atoms with E-state index in [0.717, 1.165) is 0 Å². The van der Waals surface area contributed by atoms with Crippen molar-refractivity contribution in [1.29, 1.82) is 0 Å². The maximum Gasteiger partial charge on any atom is 0.338 e. The number of aliphatic hydroxyl groups excluding tert-OH is 2. The van der Waals surface area contributed by atoms with Gasteiger partial charge in [0, 0.05) is 10.6 Å². The van der Waals surface area contributed by atoms with Crippen molar-refractivity contribution in [3.05, 3.63) is 40.3 Å². The number of esters is 1. The number of carbonyl (C=O) groups is 1. The predicted octanol–water partition coefficient (Wildman–Crippen LogP) is 1.59. The molecule has 2 atom stereocenters. The molecule has 96 valence electrons. The van der Waals surface area contributed by atoms with Crippen molar-refractivity contribution in [3.8, 4) is 0 Å². The van der Waals surface area contributed by atoms with Crippen molar-refractivity contribution in [1.82, 2.24) is 0 Å². The van der Waals surface area contributed by atoms with Gasteiger partial charge in [0.05, 0.1) is 6.61 Å². The van der Waals surface area contributed by atoms with Gasteiger partial charge in [0.25, 0.3) is 0 Å². The molecule has 7 nitrogen and oxygen atoms in total. The molecule has 18 heavy (non-hydrogen) atoms. The summed E-state index contributed by atoms with van der Waals surface area (Å²) < 4.78 is 4.59. The van der Waals surface area contributed by atoms with Crippen LogP contribution in [0.5, 0.6) is 0 Å². The third kappa shape index (κ3) is 3.21. The summed E-state index contributed by atoms with van der Waals surface area (Å²) in [6, 6.07) is 6.12. The molecule has 0 radical (unpaired) electrons. The Morgan fingerprint density at radius 1 is 1.50 bits per heavy atom. The van der Waals surface area contributed by atoms with Crippen molar-refractivity contribution in [2.75, 3.05) is 6.61 Å². The van der Waals surface area contributed by atoms with Crippen molar-refractivity contribution >= 4 is 11.7 Å². The molecule has 0 aromatic heterocycles. The van der Waals surface area contributed by atoms with Crippen molar-refractivity contribution in [3.63, 3.8) is 0 Å². The molecule has 1 aromatic rings. The average molecular weight is 251 g/mol. The summed E-state index contributed by atoms with van der Waals surface area (Å²) in [5, 5.41) is 22.8. The lowest BCUT2D eigenvalue weighted by Crippen LogP contribution is -2.29. The number of rotatable bonds is 5. The minimum atomic E-state index is -1.72. The fourth-order valence-corrected chi connectivity index (χ4v) is 1.40. The molecule has 0 heterocycles. The fraction of sp³-hybridized carbons (Fsp3) is 0.364. The molecule has 0 bridgehead atoms. The van der Waals surface area contributed by atoms with Crippen LogP contribution in [0, 0.1) is 0 Å². The number of nitrogens with zero attached hydrogens (tertiary/aromatic N) is 3. The molecule has 7 heteroatoms. The van der Waals surface area contributed by atoms with Gasteiger partial charge < -0.3 is 14.9 Å². The molecule has 0 aliphatic heterocycles. The monoisotopic (exact) mass is 251 g/mol. The Morgan fingerprint density at radius 3 is 2.78 bits per heavy atom. The van der Waals surface area contributed by atoms with E-state index in [2.05, 4.69) is 14.8 Å². The molecular weight excluding hydrogens is 238 g/mol. The van der Waals surface area contributed by atoms with Crippen LogP contribution in [-0.2, 0) is 9.53 Å². The van der Waals surface area contributed by atoms with Gasteiger partial charge in [0.1, 0.15) is 6.10 Å². The number of hydrogen-bond acceptors (Lipinski definition) is 5. The molecule has 1 aromatic carbocycles. The standard InChI is InChI=1S/C11H13N3O4/c1-2-18-11(17)10(16)9(15)7-5-3-4-6-8(7)13-14-12/h3-6,9-10,15-16H,2H2,1H3. The van der Waals surface area contributed by atoms with E-state index < -0.39 is 18.2 Å². The Morgan fingerprint density at radius 2 is 2.17 bits per heavy atom. The second-order valence-corrected chi connectivity index (χ2v) is 3.39. The van der Waals surface area contributed by atoms with E-state index in [-0.39, 0.29) is 17.9 Å². The van der Waals surface area contributed by atoms with Gasteiger partial charge in [0.15, 0.2) is 6.10 Å². The Balaban J connectivity index is 2.99. The van der Waals surface area contributed by atoms with Gasteiger partial charge in [-0.05, 0) is 18.0 Å². The normalized spacial score (nSPS) is 13.3. The Hall–Kier alpha value is -2.08. The van der Waals surface area contributed by atoms with Crippen LogP contribution in [-0.4, -0.2) is 28.9 Å². The summed E-state index contributed by atoms with van der Waals surface area (Å²) in [6.07, 6.45) is -3.23. The van der Waals surface area contributed by atoms with Crippen LogP contribution in [0.25, 0.3) is 10.4 Å². The summed E-state index contributed by atoms with van der Waals surface area (Å²) in [7, 11) is 0. The summed E-state index contributed by atoms with van der Waals surface area (Å²) in [6.45, 7) is 1.69. The van der Waals surface area contributed by atoms with Gasteiger partial charge in [-0.25, -0.2) is 4.79 Å². The van der Waals surface area contributed by atoms with Crippen LogP contribution in [0.1, 0.15) is 18.6 Å². The van der Waals surface area contributed by atoms with E-state index in [0.29, 0.717) is 0 Å². The second kappa shape index (κ2) is 6.61. The van der Waals surface area contributed by atoms with E-state index in [1.807, 2.05) is 0 Å². The maximum absolute atomic E-state index is 11.3. The average Bonchev–Trinajstić information content (AvgIpc) is 2.38. The molecule has 1 rings (SSSR count). The molecule has 0 saturated carbocycles. The number of carbonyl (C=O) groups excluding carboxylic acids is 1. The summed E-state index contributed by atoms with van der Waals surface area (Å²) in [5.74, 6) is -0.930. The van der Waals surface area contributed by atoms with Crippen molar-refractivity contribution in [2.24, 2.45) is 5.11 Å². The van der Waals surface area contributed by atoms with E-state index in [9.17, 15) is 15.0 Å². The molecule has 0 aliphatic carbocycles. The zero-order valence-corrected chi connectivity index (χ0v) is 9.72. The van der Waals surface area contributed by atoms with Gasteiger partial charge in [0.2, 0.25) is 0 Å². The Bertz CT molecular complexity index is 471. The van der Waals surface area contributed by atoms with Crippen LogP contribution >= 0.6 is 0 Å². The number of aliphatic hydroxyl groups is 2. The van der Waals surface area contributed by atoms with E-state index in [1.165, 1.54) is 12.1 Å². The lowest BCUT2D eigenvalue weighted by atomic mass is 10.0. The highest BCUT2D eigenvalue weighted by Gasteiger charge is 2.28. The molecule has 0 fully saturated rings. The predicted molar refractivity (Wildman–Crippen MR) is 62.8 cm³/mol. The molecular formula is C11H13N3O4. The smallest absolute Gasteiger partial charge is 0.338 e. The van der Waals surface area contributed by atoms with Crippen LogP contribution in [0.3, 0.4) is 0 Å². The first-order valence-electron chi connectivity index (χ1n) is 5.28. The lowest BCUT2D eigenvalue weighted by Gasteiger charge is -2.18. The summed E-state index contributed by atoms with van der Waals surface area (Å²) in [4.78, 5) is 13.9. The largest absolute Gasteiger partial charge is 0.464 e. The second-order valence-electron chi connectivity index (χ2n) is 3.39. The first-order valence-corrected chi connectivity index (χ1v) is 5.28. The highest BCUT2D eigenvalue weighted by atomic mass is 16.5. The van der Waals surface area contributed by atoms with Crippen LogP contribution in [0.2, 0.25) is 0 Å². The molecule has 0 saturated heterocycles. The highest BCUT2D eigenvalue weighted by Crippen LogP contribution is 2.28. The molecule has 0 amide bonds. The quantitative estimate of drug-likeness (QED) is 0.357. The number of hydrogen-bond donors (Lipinski definition) is 2. The Labute approximate surface area is 103 Å². The van der Waals surface area contributed by atoms with Gasteiger partial charge in [-0.3, -0.25) is 0 Å². The third-order valence-corrected chi connectivity index (χ3v) is 2.24. The lowest BCUT2D eigenvalue weighted by molar-refractivity contribution is -0.159. The summed E-state index contributed by atoms with van der Waals surface area (Å²) >= 11 is 0. The van der Waals surface area contributed by atoms with Gasteiger partial charge in [-0.1, -0.05) is 29.4 Å². The number of azide groups is 1. The number of benzene rings is 1. The molecule has 2 unspecified atom stereocenters. The third-order valence-electron chi connectivity index (χ3n) is 2.24. The SMILES string of the molecule is CCOC(=O)C(O)C(O)c1ccccc1N=[N+]=[N-]. The zero-order valence-electron chi connectivity index (χ0n) is 9.72. The zero-order chi connectivity index (χ0) is 13.5. The minimum Gasteiger partial charge on any atom is -0.464 e. The van der Waals surface area contributed by atoms with Gasteiger partial charge >= 0.3 is 5.97 Å². The van der Waals surface area contributed by atoms with E-state index in [1.54, 1.807) is 19.1 Å². The maximum atomic E-state index is 11.3. The number of ether oxygens (including phenoxy) is 1. The Kier molecular flexibility index (Phi) is 5.13. The molecule has 0 aliphatic rings. The van der Waals surface area contributed by atoms with Crippen LogP contribution in [0.4, 0.5) is 5.69 Å². The van der Waals surface area contributed by atoms with E-state index >= 15 is 0 Å². The highest BCUT2D eigenvalue weighted by molar-refractivity contribution is 5.75. The van der Waals surface area contributed by atoms with Gasteiger partial charge in [-0.2, -0.15) is 0 Å². The van der Waals surface area contributed by atoms with Crippen LogP contribution in [0.15, 0.2) is 29.4 Å². The minimum absolute atomic E-state index is 0.0978. The first kappa shape index (κ1) is 14.0. The van der Waals surface area contributed by atoms with Crippen molar-refractivity contribution in [2.45, 2.75) is 19.1 Å². The van der Waals surface area contributed by atoms with Crippen molar-refractivity contribution < 1.29 is 19.7 Å². The topological polar surface area (TPSA) is 116 Å². The summed E-state index contributed by atoms with van der Waals surface area (Å²) in [5.41, 5.74) is 8.69. The molecule has 2 N–H and O–H groups in total. The van der Waals surface area contributed by atoms with Gasteiger partial charge in [-0.15, -0.1) is 0 Å². The first-order chi connectivity index (χ1) is 8.61. The fourth-order valence-electron chi connectivity index (χ4n) is 1.40. The van der Waals surface area contributed by atoms with Crippen LogP contribution < -0.4 is 0 Å². The van der Waals surface area contributed by atoms with E-state index in [4.69, 9.17) is 5.53 Å². The molecule has 0 spiro atoms.